The van der Waals surface area contributed by atoms with Gasteiger partial charge in [-0.15, -0.1) is 0 Å². The number of ether oxygens (including phenoxy) is 3. The number of unbranched alkanes of at least 4 members (excludes halogenated alkanes) is 31. The summed E-state index contributed by atoms with van der Waals surface area (Å²) in [4.78, 5) is 25.4. The van der Waals surface area contributed by atoms with Gasteiger partial charge in [-0.3, -0.25) is 9.59 Å². The van der Waals surface area contributed by atoms with E-state index in [0.717, 1.165) is 64.2 Å². The third-order valence-electron chi connectivity index (χ3n) is 11.8. The van der Waals surface area contributed by atoms with E-state index >= 15 is 0 Å². The van der Waals surface area contributed by atoms with E-state index in [1.165, 1.54) is 180 Å². The van der Waals surface area contributed by atoms with E-state index in [1.807, 2.05) is 0 Å². The zero-order valence-corrected chi connectivity index (χ0v) is 41.6. The lowest BCUT2D eigenvalue weighted by molar-refractivity contribution is -0.163. The van der Waals surface area contributed by atoms with Crippen molar-refractivity contribution in [3.8, 4) is 0 Å². The molecule has 0 aliphatic heterocycles. The molecule has 0 unspecified atom stereocenters. The van der Waals surface area contributed by atoms with Gasteiger partial charge in [-0.25, -0.2) is 0 Å². The van der Waals surface area contributed by atoms with Crippen molar-refractivity contribution in [3.63, 3.8) is 0 Å². The van der Waals surface area contributed by atoms with Gasteiger partial charge in [0, 0.05) is 19.4 Å². The van der Waals surface area contributed by atoms with Crippen LogP contribution in [0.3, 0.4) is 0 Å². The molecule has 0 saturated carbocycles. The molecule has 0 aliphatic carbocycles. The number of rotatable bonds is 50. The number of allylic oxidation sites excluding steroid dienone is 8. The van der Waals surface area contributed by atoms with E-state index in [-0.39, 0.29) is 25.2 Å². The Balaban J connectivity index is 4.30. The smallest absolute Gasteiger partial charge is 0.306 e. The van der Waals surface area contributed by atoms with Crippen molar-refractivity contribution in [3.05, 3.63) is 48.6 Å². The number of carbonyl (C=O) groups is 2. The number of carbonyl (C=O) groups excluding carboxylic acids is 2. The minimum atomic E-state index is -0.554. The Bertz CT molecular complexity index is 1030. The fraction of sp³-hybridized carbons (Fsp3) is 0.825. The molecule has 0 fully saturated rings. The molecule has 0 radical (unpaired) electrons. The molecule has 0 aromatic heterocycles. The van der Waals surface area contributed by atoms with Crippen LogP contribution in [0.5, 0.6) is 0 Å². The van der Waals surface area contributed by atoms with E-state index in [2.05, 4.69) is 69.4 Å². The van der Waals surface area contributed by atoms with Crippen LogP contribution in [-0.2, 0) is 23.8 Å². The van der Waals surface area contributed by atoms with Crippen LogP contribution < -0.4 is 0 Å². The van der Waals surface area contributed by atoms with E-state index in [4.69, 9.17) is 14.2 Å². The molecular weight excluding hydrogens is 765 g/mol. The molecule has 1 atom stereocenters. The van der Waals surface area contributed by atoms with Crippen molar-refractivity contribution in [2.24, 2.45) is 0 Å². The molecule has 62 heavy (non-hydrogen) atoms. The van der Waals surface area contributed by atoms with Crippen LogP contribution in [0.2, 0.25) is 0 Å². The summed E-state index contributed by atoms with van der Waals surface area (Å²) in [5, 5.41) is 0. The summed E-state index contributed by atoms with van der Waals surface area (Å²) in [5.74, 6) is -0.434. The highest BCUT2D eigenvalue weighted by Gasteiger charge is 2.17. The van der Waals surface area contributed by atoms with Gasteiger partial charge in [0.15, 0.2) is 6.10 Å². The number of hydrogen-bond donors (Lipinski definition) is 0. The second kappa shape index (κ2) is 53.2. The summed E-state index contributed by atoms with van der Waals surface area (Å²) in [5.41, 5.74) is 0. The Hall–Kier alpha value is -2.14. The molecular formula is C57H104O5. The van der Waals surface area contributed by atoms with Gasteiger partial charge in [0.25, 0.3) is 0 Å². The maximum absolute atomic E-state index is 12.8. The Morgan fingerprint density at radius 1 is 0.355 bits per heavy atom. The van der Waals surface area contributed by atoms with Gasteiger partial charge in [0.05, 0.1) is 6.61 Å². The quantitative estimate of drug-likeness (QED) is 0.0346. The molecule has 5 heteroatoms. The van der Waals surface area contributed by atoms with Gasteiger partial charge in [0.1, 0.15) is 6.61 Å². The molecule has 0 saturated heterocycles. The van der Waals surface area contributed by atoms with Gasteiger partial charge in [-0.1, -0.05) is 230 Å². The topological polar surface area (TPSA) is 61.8 Å². The normalized spacial score (nSPS) is 12.5. The largest absolute Gasteiger partial charge is 0.462 e. The molecule has 0 aromatic rings. The van der Waals surface area contributed by atoms with Crippen molar-refractivity contribution in [1.82, 2.24) is 0 Å². The van der Waals surface area contributed by atoms with Crippen LogP contribution in [0.15, 0.2) is 48.6 Å². The van der Waals surface area contributed by atoms with Gasteiger partial charge < -0.3 is 14.2 Å². The van der Waals surface area contributed by atoms with Crippen LogP contribution in [-0.4, -0.2) is 37.9 Å². The lowest BCUT2D eigenvalue weighted by Crippen LogP contribution is -2.30. The van der Waals surface area contributed by atoms with Gasteiger partial charge in [-0.2, -0.15) is 0 Å². The summed E-state index contributed by atoms with van der Waals surface area (Å²) >= 11 is 0. The minimum absolute atomic E-state index is 0.0711. The summed E-state index contributed by atoms with van der Waals surface area (Å²) in [7, 11) is 0. The van der Waals surface area contributed by atoms with Crippen LogP contribution in [0.1, 0.15) is 278 Å². The summed E-state index contributed by atoms with van der Waals surface area (Å²) < 4.78 is 17.4. The molecule has 0 spiro atoms. The average molecular weight is 869 g/mol. The third kappa shape index (κ3) is 50.5. The maximum Gasteiger partial charge on any atom is 0.306 e. The maximum atomic E-state index is 12.8. The van der Waals surface area contributed by atoms with Gasteiger partial charge in [-0.05, 0) is 83.5 Å². The zero-order valence-electron chi connectivity index (χ0n) is 41.6. The molecule has 0 aliphatic rings. The number of esters is 2. The second-order valence-electron chi connectivity index (χ2n) is 18.1. The molecule has 362 valence electrons. The van der Waals surface area contributed by atoms with Crippen molar-refractivity contribution < 1.29 is 23.8 Å². The summed E-state index contributed by atoms with van der Waals surface area (Å²) in [6.07, 6.45) is 65.5. The standard InChI is InChI=1S/C57H104O5/c1-4-7-10-13-16-19-22-25-28-31-34-37-40-43-46-49-52-60-53-55(62-57(59)51-48-45-42-39-36-33-30-27-24-21-18-15-12-9-6-3)54-61-56(58)50-47-44-41-38-35-32-29-26-23-20-17-14-11-8-5-2/h18,20-21,23,27,30,36,39,55H,4-17,19,22,24-26,28-29,31-35,37-38,40-54H2,1-3H3/b21-18-,23-20-,30-27-,39-36-/t55-/m1/s1. The first-order valence-corrected chi connectivity index (χ1v) is 27.2. The molecule has 0 bridgehead atoms. The Kier molecular flexibility index (Phi) is 51.4. The first-order chi connectivity index (χ1) is 30.6. The number of hydrogen-bond acceptors (Lipinski definition) is 5. The van der Waals surface area contributed by atoms with Crippen LogP contribution in [0, 0.1) is 0 Å². The fourth-order valence-electron chi connectivity index (χ4n) is 7.75. The van der Waals surface area contributed by atoms with E-state index < -0.39 is 6.10 Å². The predicted molar refractivity (Wildman–Crippen MR) is 270 cm³/mol. The highest BCUT2D eigenvalue weighted by atomic mass is 16.6. The molecule has 0 aromatic carbocycles. The van der Waals surface area contributed by atoms with E-state index in [0.29, 0.717) is 19.4 Å². The average Bonchev–Trinajstić information content (AvgIpc) is 3.27. The van der Waals surface area contributed by atoms with Gasteiger partial charge in [0.2, 0.25) is 0 Å². The van der Waals surface area contributed by atoms with E-state index in [9.17, 15) is 9.59 Å². The van der Waals surface area contributed by atoms with Crippen molar-refractivity contribution >= 4 is 11.9 Å². The molecule has 5 nitrogen and oxygen atoms in total. The monoisotopic (exact) mass is 869 g/mol. The first kappa shape index (κ1) is 59.9. The first-order valence-electron chi connectivity index (χ1n) is 27.2. The Morgan fingerprint density at radius 3 is 1.18 bits per heavy atom. The second-order valence-corrected chi connectivity index (χ2v) is 18.1. The minimum Gasteiger partial charge on any atom is -0.462 e. The Morgan fingerprint density at radius 2 is 0.677 bits per heavy atom. The lowest BCUT2D eigenvalue weighted by Gasteiger charge is -2.18. The van der Waals surface area contributed by atoms with E-state index in [1.54, 1.807) is 0 Å². The van der Waals surface area contributed by atoms with Crippen molar-refractivity contribution in [1.29, 1.82) is 0 Å². The van der Waals surface area contributed by atoms with Crippen molar-refractivity contribution in [2.45, 2.75) is 284 Å². The molecule has 0 rings (SSSR count). The van der Waals surface area contributed by atoms with Crippen LogP contribution in [0.25, 0.3) is 0 Å². The third-order valence-corrected chi connectivity index (χ3v) is 11.8. The van der Waals surface area contributed by atoms with Crippen LogP contribution >= 0.6 is 0 Å². The Labute approximate surface area is 386 Å². The molecule has 0 amide bonds. The predicted octanol–water partition coefficient (Wildman–Crippen LogP) is 18.3. The highest BCUT2D eigenvalue weighted by molar-refractivity contribution is 5.70. The lowest BCUT2D eigenvalue weighted by atomic mass is 10.0. The fourth-order valence-corrected chi connectivity index (χ4v) is 7.75. The van der Waals surface area contributed by atoms with Crippen molar-refractivity contribution in [2.75, 3.05) is 19.8 Å². The molecule has 0 heterocycles. The summed E-state index contributed by atoms with van der Waals surface area (Å²) in [6.45, 7) is 7.78. The molecule has 0 N–H and O–H groups in total. The highest BCUT2D eigenvalue weighted by Crippen LogP contribution is 2.15. The zero-order chi connectivity index (χ0) is 44.9. The SMILES string of the molecule is CCCCC/C=C\C/C=C\C/C=C\CCCCC(=O)O[C@H](COCCCCCCCCCCCCCCCCCC)COC(=O)CCCCCCCCC/C=C\CCCCCC. The van der Waals surface area contributed by atoms with Gasteiger partial charge >= 0.3 is 11.9 Å². The van der Waals surface area contributed by atoms with Crippen LogP contribution in [0.4, 0.5) is 0 Å². The summed E-state index contributed by atoms with van der Waals surface area (Å²) in [6, 6.07) is 0.